The van der Waals surface area contributed by atoms with Crippen LogP contribution in [0.15, 0.2) is 54.7 Å². The van der Waals surface area contributed by atoms with Crippen LogP contribution in [0.1, 0.15) is 17.5 Å². The second-order valence-electron chi connectivity index (χ2n) is 5.86. The summed E-state index contributed by atoms with van der Waals surface area (Å²) in [5, 5.41) is 5.57. The number of rotatable bonds is 5. The lowest BCUT2D eigenvalue weighted by molar-refractivity contribution is -0.130. The van der Waals surface area contributed by atoms with Gasteiger partial charge in [0, 0.05) is 25.4 Å². The van der Waals surface area contributed by atoms with Crippen LogP contribution >= 0.6 is 0 Å². The van der Waals surface area contributed by atoms with Gasteiger partial charge in [0.1, 0.15) is 0 Å². The molecular formula is C19H21N3O. The number of amides is 1. The van der Waals surface area contributed by atoms with E-state index in [2.05, 4.69) is 18.1 Å². The van der Waals surface area contributed by atoms with E-state index in [1.165, 1.54) is 5.56 Å². The molecule has 0 spiro atoms. The van der Waals surface area contributed by atoms with E-state index in [4.69, 9.17) is 0 Å². The van der Waals surface area contributed by atoms with Gasteiger partial charge in [-0.15, -0.1) is 0 Å². The monoisotopic (exact) mass is 307 g/mol. The maximum atomic E-state index is 12.3. The maximum absolute atomic E-state index is 12.3. The average molecular weight is 307 g/mol. The Labute approximate surface area is 136 Å². The lowest BCUT2D eigenvalue weighted by Crippen LogP contribution is -2.27. The summed E-state index contributed by atoms with van der Waals surface area (Å²) in [6, 6.07) is 16.2. The molecule has 1 heterocycles. The van der Waals surface area contributed by atoms with Gasteiger partial charge < -0.3 is 4.90 Å². The molecule has 118 valence electrons. The Kier molecular flexibility index (Phi) is 4.42. The second-order valence-corrected chi connectivity index (χ2v) is 5.86. The number of hydrogen-bond donors (Lipinski definition) is 0. The standard InChI is InChI=1S/C19H21N3O/c1-15-7-6-10-18-17(15)13-20-22(18)12-11-19(23)21(2)14-16-8-4-3-5-9-16/h3-10,13H,11-12,14H2,1-2H3. The van der Waals surface area contributed by atoms with Crippen molar-refractivity contribution in [3.05, 3.63) is 65.9 Å². The molecule has 4 heteroatoms. The topological polar surface area (TPSA) is 38.1 Å². The number of hydrogen-bond acceptors (Lipinski definition) is 2. The molecule has 23 heavy (non-hydrogen) atoms. The minimum atomic E-state index is 0.130. The van der Waals surface area contributed by atoms with Crippen molar-refractivity contribution in [3.63, 3.8) is 0 Å². The first-order valence-electron chi connectivity index (χ1n) is 7.84. The van der Waals surface area contributed by atoms with Gasteiger partial charge in [-0.1, -0.05) is 42.5 Å². The van der Waals surface area contributed by atoms with E-state index in [1.807, 2.05) is 60.4 Å². The second kappa shape index (κ2) is 6.65. The number of carbonyl (C=O) groups excluding carboxylic acids is 1. The molecule has 0 saturated heterocycles. The Morgan fingerprint density at radius 2 is 1.91 bits per heavy atom. The molecule has 2 aromatic carbocycles. The molecule has 0 aliphatic carbocycles. The van der Waals surface area contributed by atoms with Crippen LogP contribution in [-0.2, 0) is 17.9 Å². The normalized spacial score (nSPS) is 10.9. The van der Waals surface area contributed by atoms with Crippen molar-refractivity contribution in [2.45, 2.75) is 26.4 Å². The van der Waals surface area contributed by atoms with Crippen LogP contribution in [0.5, 0.6) is 0 Å². The highest BCUT2D eigenvalue weighted by Crippen LogP contribution is 2.18. The first-order chi connectivity index (χ1) is 11.1. The van der Waals surface area contributed by atoms with E-state index in [0.29, 0.717) is 19.5 Å². The maximum Gasteiger partial charge on any atom is 0.224 e. The van der Waals surface area contributed by atoms with Gasteiger partial charge in [0.05, 0.1) is 18.3 Å². The highest BCUT2D eigenvalue weighted by atomic mass is 16.2. The van der Waals surface area contributed by atoms with E-state index < -0.39 is 0 Å². The number of fused-ring (bicyclic) bond motifs is 1. The number of carbonyl (C=O) groups is 1. The molecule has 0 N–H and O–H groups in total. The molecule has 3 rings (SSSR count). The van der Waals surface area contributed by atoms with Gasteiger partial charge in [-0.3, -0.25) is 9.48 Å². The van der Waals surface area contributed by atoms with Crippen LogP contribution in [0, 0.1) is 6.92 Å². The summed E-state index contributed by atoms with van der Waals surface area (Å²) in [5.74, 6) is 0.130. The van der Waals surface area contributed by atoms with Crippen molar-refractivity contribution in [3.8, 4) is 0 Å². The van der Waals surface area contributed by atoms with Gasteiger partial charge in [-0.25, -0.2) is 0 Å². The van der Waals surface area contributed by atoms with Crippen LogP contribution in [-0.4, -0.2) is 27.6 Å². The Balaban J connectivity index is 1.63. The third-order valence-electron chi connectivity index (χ3n) is 4.13. The molecule has 0 saturated carbocycles. The van der Waals surface area contributed by atoms with Crippen LogP contribution in [0.4, 0.5) is 0 Å². The van der Waals surface area contributed by atoms with Crippen LogP contribution < -0.4 is 0 Å². The Bertz CT molecular complexity index is 808. The van der Waals surface area contributed by atoms with Crippen LogP contribution in [0.2, 0.25) is 0 Å². The van der Waals surface area contributed by atoms with Gasteiger partial charge in [-0.2, -0.15) is 5.10 Å². The first kappa shape index (κ1) is 15.3. The van der Waals surface area contributed by atoms with Gasteiger partial charge in [0.25, 0.3) is 0 Å². The molecule has 4 nitrogen and oxygen atoms in total. The van der Waals surface area contributed by atoms with Crippen molar-refractivity contribution in [1.29, 1.82) is 0 Å². The zero-order valence-corrected chi connectivity index (χ0v) is 13.6. The zero-order chi connectivity index (χ0) is 16.2. The summed E-state index contributed by atoms with van der Waals surface area (Å²) < 4.78 is 1.91. The zero-order valence-electron chi connectivity index (χ0n) is 13.6. The van der Waals surface area contributed by atoms with Crippen LogP contribution in [0.3, 0.4) is 0 Å². The fourth-order valence-electron chi connectivity index (χ4n) is 2.76. The van der Waals surface area contributed by atoms with Gasteiger partial charge >= 0.3 is 0 Å². The van der Waals surface area contributed by atoms with Gasteiger partial charge in [0.15, 0.2) is 0 Å². The van der Waals surface area contributed by atoms with Gasteiger partial charge in [-0.05, 0) is 24.1 Å². The molecule has 0 unspecified atom stereocenters. The smallest absolute Gasteiger partial charge is 0.224 e. The summed E-state index contributed by atoms with van der Waals surface area (Å²) >= 11 is 0. The Hall–Kier alpha value is -2.62. The fourth-order valence-corrected chi connectivity index (χ4v) is 2.76. The van der Waals surface area contributed by atoms with E-state index in [1.54, 1.807) is 4.90 Å². The third kappa shape index (κ3) is 3.42. The summed E-state index contributed by atoms with van der Waals surface area (Å²) in [7, 11) is 1.85. The van der Waals surface area contributed by atoms with Crippen molar-refractivity contribution < 1.29 is 4.79 Å². The molecule has 3 aromatic rings. The molecule has 0 atom stereocenters. The highest BCUT2D eigenvalue weighted by molar-refractivity contribution is 5.82. The number of benzene rings is 2. The van der Waals surface area contributed by atoms with Crippen LogP contribution in [0.25, 0.3) is 10.9 Å². The SMILES string of the molecule is Cc1cccc2c1cnn2CCC(=O)N(C)Cc1ccccc1. The largest absolute Gasteiger partial charge is 0.341 e. The summed E-state index contributed by atoms with van der Waals surface area (Å²) in [6.45, 7) is 3.32. The average Bonchev–Trinajstić information content (AvgIpc) is 2.98. The third-order valence-corrected chi connectivity index (χ3v) is 4.13. The molecular weight excluding hydrogens is 286 g/mol. The molecule has 0 bridgehead atoms. The van der Waals surface area contributed by atoms with Crippen molar-refractivity contribution in [1.82, 2.24) is 14.7 Å². The molecule has 1 amide bonds. The highest BCUT2D eigenvalue weighted by Gasteiger charge is 2.11. The van der Waals surface area contributed by atoms with Gasteiger partial charge in [0.2, 0.25) is 5.91 Å². The number of aryl methyl sites for hydroxylation is 2. The molecule has 0 fully saturated rings. The number of nitrogens with zero attached hydrogens (tertiary/aromatic N) is 3. The Morgan fingerprint density at radius 3 is 2.70 bits per heavy atom. The van der Waals surface area contributed by atoms with Crippen molar-refractivity contribution in [2.75, 3.05) is 7.05 Å². The van der Waals surface area contributed by atoms with E-state index in [9.17, 15) is 4.79 Å². The van der Waals surface area contributed by atoms with E-state index in [-0.39, 0.29) is 5.91 Å². The predicted molar refractivity (Wildman–Crippen MR) is 92.0 cm³/mol. The molecule has 1 aromatic heterocycles. The first-order valence-corrected chi connectivity index (χ1v) is 7.84. The van der Waals surface area contributed by atoms with E-state index in [0.717, 1.165) is 16.5 Å². The summed E-state index contributed by atoms with van der Waals surface area (Å²) in [4.78, 5) is 14.1. The lowest BCUT2D eigenvalue weighted by Gasteiger charge is -2.17. The van der Waals surface area contributed by atoms with Crippen molar-refractivity contribution in [2.24, 2.45) is 0 Å². The quantitative estimate of drug-likeness (QED) is 0.724. The fraction of sp³-hybridized carbons (Fsp3) is 0.263. The molecule has 0 aliphatic heterocycles. The van der Waals surface area contributed by atoms with E-state index >= 15 is 0 Å². The lowest BCUT2D eigenvalue weighted by atomic mass is 10.1. The predicted octanol–water partition coefficient (Wildman–Crippen LogP) is 3.39. The minimum absolute atomic E-state index is 0.130. The summed E-state index contributed by atoms with van der Waals surface area (Å²) in [5.41, 5.74) is 3.44. The van der Waals surface area contributed by atoms with Crippen molar-refractivity contribution >= 4 is 16.8 Å². The molecule has 0 aliphatic rings. The number of aromatic nitrogens is 2. The Morgan fingerprint density at radius 1 is 1.13 bits per heavy atom. The minimum Gasteiger partial charge on any atom is -0.341 e. The molecule has 0 radical (unpaired) electrons. The summed E-state index contributed by atoms with van der Waals surface area (Å²) in [6.07, 6.45) is 2.33.